The van der Waals surface area contributed by atoms with E-state index in [9.17, 15) is 14.0 Å². The van der Waals surface area contributed by atoms with Gasteiger partial charge in [-0.25, -0.2) is 0 Å². The first kappa shape index (κ1) is 25.1. The monoisotopic (exact) mass is 560 g/mol. The zero-order valence-corrected chi connectivity index (χ0v) is 22.3. The average molecular weight is 560 g/mol. The number of halogens is 1. The second kappa shape index (κ2) is 9.54. The fraction of sp³-hybridized carbons (Fsp3) is 0.111. The third-order valence-electron chi connectivity index (χ3n) is 6.11. The molecule has 0 fully saturated rings. The minimum atomic E-state index is -4.80. The van der Waals surface area contributed by atoms with Crippen LogP contribution in [-0.2, 0) is 4.08 Å². The number of hydrogen-bond acceptors (Lipinski definition) is 4. The Hall–Kier alpha value is -2.04. The maximum atomic E-state index is 12.7. The first-order valence-electron chi connectivity index (χ1n) is 10.7. The van der Waals surface area contributed by atoms with Crippen molar-refractivity contribution < 1.29 is 28.3 Å². The Morgan fingerprint density at radius 1 is 0.588 bits per heavy atom. The number of benzene rings is 4. The van der Waals surface area contributed by atoms with Gasteiger partial charge in [0.2, 0.25) is 0 Å². The van der Waals surface area contributed by atoms with E-state index in [0.29, 0.717) is 15.9 Å². The van der Waals surface area contributed by atoms with Gasteiger partial charge in [0.1, 0.15) is 0 Å². The molecule has 4 aromatic rings. The van der Waals surface area contributed by atoms with Gasteiger partial charge in [0.25, 0.3) is 0 Å². The summed E-state index contributed by atoms with van der Waals surface area (Å²) in [6.07, 6.45) is 0. The molecule has 0 unspecified atom stereocenters. The fourth-order valence-corrected chi connectivity index (χ4v) is 18.9. The molecule has 0 saturated heterocycles. The van der Waals surface area contributed by atoms with Gasteiger partial charge < -0.3 is 0 Å². The van der Waals surface area contributed by atoms with E-state index in [2.05, 4.69) is 0 Å². The first-order chi connectivity index (χ1) is 16.2. The van der Waals surface area contributed by atoms with Gasteiger partial charge >= 0.3 is 210 Å². The van der Waals surface area contributed by atoms with E-state index in [1.807, 2.05) is 135 Å². The third kappa shape index (κ3) is 4.13. The van der Waals surface area contributed by atoms with Crippen molar-refractivity contribution in [1.82, 2.24) is 0 Å². The number of hydrogen-bond donors (Lipinski definition) is 0. The molecule has 0 aliphatic heterocycles. The molecule has 0 radical (unpaired) electrons. The molecule has 0 saturated carbocycles. The van der Waals surface area contributed by atoms with Gasteiger partial charge in [-0.1, -0.05) is 0 Å². The summed E-state index contributed by atoms with van der Waals surface area (Å²) in [4.78, 5) is 0. The van der Waals surface area contributed by atoms with Crippen LogP contribution >= 0.6 is 6.83 Å². The molecule has 4 aromatic carbocycles. The Morgan fingerprint density at radius 2 is 0.912 bits per heavy atom. The van der Waals surface area contributed by atoms with Crippen LogP contribution in [0, 0.1) is 10.2 Å². The molecule has 7 heteroatoms. The summed E-state index contributed by atoms with van der Waals surface area (Å²) in [7, 11) is -4.80. The van der Waals surface area contributed by atoms with Crippen molar-refractivity contribution in [2.45, 2.75) is 17.9 Å². The van der Waals surface area contributed by atoms with Crippen LogP contribution in [0.15, 0.2) is 121 Å². The Morgan fingerprint density at radius 3 is 1.24 bits per heavy atom. The third-order valence-corrected chi connectivity index (χ3v) is 18.6. The summed E-state index contributed by atoms with van der Waals surface area (Å²) < 4.78 is 44.6. The van der Waals surface area contributed by atoms with Crippen molar-refractivity contribution in [2.24, 2.45) is 0 Å². The SMILES string of the molecule is CC(C)([Se]c1ccccc1)P(O[Cl+3]([O-])([O-])[O-])(c1ccccc1)(c1ccccc1)c1ccccc1. The summed E-state index contributed by atoms with van der Waals surface area (Å²) >= 11 is -0.284. The summed E-state index contributed by atoms with van der Waals surface area (Å²) in [6, 6.07) is 38.2. The van der Waals surface area contributed by atoms with E-state index in [0.717, 1.165) is 4.46 Å². The summed E-state index contributed by atoms with van der Waals surface area (Å²) in [6.45, 7) is -0.374. The van der Waals surface area contributed by atoms with Crippen LogP contribution in [0.3, 0.4) is 0 Å². The van der Waals surface area contributed by atoms with Gasteiger partial charge in [-0.15, -0.1) is 0 Å². The Balaban J connectivity index is 2.23. The molecule has 0 amide bonds. The zero-order valence-electron chi connectivity index (χ0n) is 18.9. The summed E-state index contributed by atoms with van der Waals surface area (Å²) in [5.74, 6) is 0. The van der Waals surface area contributed by atoms with Crippen molar-refractivity contribution in [3.63, 3.8) is 0 Å². The second-order valence-electron chi connectivity index (χ2n) is 8.35. The molecule has 0 atom stereocenters. The van der Waals surface area contributed by atoms with E-state index in [1.165, 1.54) is 0 Å². The minimum absolute atomic E-state index is 0.284. The topological polar surface area (TPSA) is 78.4 Å². The standard InChI is InChI=1S/C27H26ClO4PSe/c1-27(2,34-26-21-13-6-14-22-26)33(32-28(29,30)31,23-15-7-3-8-16-23,24-17-9-4-10-18-24)25-19-11-5-12-20-25/h3-22H,1-2H3. The molecule has 0 heterocycles. The Labute approximate surface area is 209 Å². The van der Waals surface area contributed by atoms with Crippen molar-refractivity contribution in [3.8, 4) is 0 Å². The average Bonchev–Trinajstić information content (AvgIpc) is 2.84. The number of rotatable bonds is 8. The van der Waals surface area contributed by atoms with E-state index >= 15 is 0 Å². The van der Waals surface area contributed by atoms with E-state index in [4.69, 9.17) is 4.08 Å². The van der Waals surface area contributed by atoms with Crippen LogP contribution in [0.5, 0.6) is 0 Å². The fourth-order valence-electron chi connectivity index (χ4n) is 4.75. The summed E-state index contributed by atoms with van der Waals surface area (Å²) in [5.41, 5.74) is 0. The molecular weight excluding hydrogens is 534 g/mol. The zero-order chi connectivity index (χ0) is 24.3. The first-order valence-corrected chi connectivity index (χ1v) is 15.8. The van der Waals surface area contributed by atoms with Crippen LogP contribution in [-0.4, -0.2) is 19.0 Å². The molecule has 0 aromatic heterocycles. The van der Waals surface area contributed by atoms with Crippen LogP contribution < -0.4 is 34.4 Å². The van der Waals surface area contributed by atoms with Gasteiger partial charge in [0, 0.05) is 0 Å². The van der Waals surface area contributed by atoms with E-state index < -0.39 is 21.1 Å². The van der Waals surface area contributed by atoms with Crippen LogP contribution in [0.2, 0.25) is 0 Å². The summed E-state index contributed by atoms with van der Waals surface area (Å²) in [5, 5.41) is 2.09. The Bertz CT molecular complexity index is 1120. The van der Waals surface area contributed by atoms with E-state index in [-0.39, 0.29) is 15.0 Å². The molecule has 176 valence electrons. The molecule has 34 heavy (non-hydrogen) atoms. The predicted octanol–water partition coefficient (Wildman–Crippen LogP) is 1.11. The van der Waals surface area contributed by atoms with Gasteiger partial charge in [0.15, 0.2) is 0 Å². The van der Waals surface area contributed by atoms with Gasteiger partial charge in [-0.3, -0.25) is 0 Å². The van der Waals surface area contributed by atoms with Crippen molar-refractivity contribution in [3.05, 3.63) is 121 Å². The molecule has 4 nitrogen and oxygen atoms in total. The van der Waals surface area contributed by atoms with Crippen LogP contribution in [0.4, 0.5) is 0 Å². The Kier molecular flexibility index (Phi) is 7.04. The normalized spacial score (nSPS) is 13.7. The quantitative estimate of drug-likeness (QED) is 0.239. The molecule has 0 spiro atoms. The molecule has 0 aliphatic carbocycles. The van der Waals surface area contributed by atoms with Crippen molar-refractivity contribution >= 4 is 42.2 Å². The molecular formula is C27H26ClO4PSe. The van der Waals surface area contributed by atoms with E-state index in [1.54, 1.807) is 0 Å². The predicted molar refractivity (Wildman–Crippen MR) is 132 cm³/mol. The van der Waals surface area contributed by atoms with Gasteiger partial charge in [0.05, 0.1) is 0 Å². The van der Waals surface area contributed by atoms with Crippen molar-refractivity contribution in [1.29, 1.82) is 0 Å². The molecule has 4 rings (SSSR count). The van der Waals surface area contributed by atoms with Crippen molar-refractivity contribution in [2.75, 3.05) is 0 Å². The molecule has 0 aliphatic rings. The van der Waals surface area contributed by atoms with Crippen LogP contribution in [0.1, 0.15) is 13.8 Å². The molecule has 0 bridgehead atoms. The maximum absolute atomic E-state index is 12.7. The second-order valence-corrected chi connectivity index (χ2v) is 18.6. The van der Waals surface area contributed by atoms with Gasteiger partial charge in [-0.05, 0) is 0 Å². The molecule has 0 N–H and O–H groups in total. The van der Waals surface area contributed by atoms with Crippen LogP contribution in [0.25, 0.3) is 0 Å². The van der Waals surface area contributed by atoms with Gasteiger partial charge in [-0.2, -0.15) is 0 Å².